The number of benzene rings is 2. The van der Waals surface area contributed by atoms with E-state index in [1.54, 1.807) is 0 Å². The van der Waals surface area contributed by atoms with E-state index in [1.807, 2.05) is 50.2 Å². The number of ketones is 2. The van der Waals surface area contributed by atoms with E-state index in [0.717, 1.165) is 16.3 Å². The van der Waals surface area contributed by atoms with Gasteiger partial charge in [0.1, 0.15) is 17.3 Å². The molecule has 2 aliphatic carbocycles. The highest BCUT2D eigenvalue weighted by molar-refractivity contribution is 6.07. The summed E-state index contributed by atoms with van der Waals surface area (Å²) in [5, 5.41) is 13.0. The third-order valence-corrected chi connectivity index (χ3v) is 6.80. The average molecular weight is 417 g/mol. The Morgan fingerprint density at radius 3 is 2.19 bits per heavy atom. The smallest absolute Gasteiger partial charge is 0.163 e. The molecule has 0 saturated carbocycles. The summed E-state index contributed by atoms with van der Waals surface area (Å²) in [6.45, 7) is 8.11. The molecule has 3 aliphatic rings. The van der Waals surface area contributed by atoms with Crippen molar-refractivity contribution in [3.8, 4) is 5.75 Å². The van der Waals surface area contributed by atoms with Gasteiger partial charge < -0.3 is 9.84 Å². The maximum atomic E-state index is 13.4. The lowest BCUT2D eigenvalue weighted by Crippen LogP contribution is -2.36. The molecular weight excluding hydrogens is 388 g/mol. The van der Waals surface area contributed by atoms with Crippen molar-refractivity contribution >= 4 is 22.3 Å². The molecular formula is C27H28O4. The third-order valence-electron chi connectivity index (χ3n) is 6.80. The van der Waals surface area contributed by atoms with E-state index in [0.29, 0.717) is 48.3 Å². The highest BCUT2D eigenvalue weighted by Gasteiger charge is 2.47. The summed E-state index contributed by atoms with van der Waals surface area (Å²) in [7, 11) is 0. The van der Waals surface area contributed by atoms with Crippen molar-refractivity contribution in [2.45, 2.75) is 59.3 Å². The van der Waals surface area contributed by atoms with Gasteiger partial charge in [-0.15, -0.1) is 0 Å². The Morgan fingerprint density at radius 1 is 0.839 bits per heavy atom. The fraction of sp³-hybridized carbons (Fsp3) is 0.407. The fourth-order valence-corrected chi connectivity index (χ4v) is 5.50. The lowest BCUT2D eigenvalue weighted by atomic mass is 9.66. The van der Waals surface area contributed by atoms with E-state index in [1.165, 1.54) is 0 Å². The van der Waals surface area contributed by atoms with Gasteiger partial charge in [-0.05, 0) is 16.2 Å². The number of aliphatic hydroxyl groups is 1. The minimum atomic E-state index is -0.574. The molecule has 1 unspecified atom stereocenters. The van der Waals surface area contributed by atoms with Crippen molar-refractivity contribution in [3.63, 3.8) is 0 Å². The van der Waals surface area contributed by atoms with Crippen LogP contribution in [0.5, 0.6) is 5.75 Å². The van der Waals surface area contributed by atoms with Gasteiger partial charge in [-0.25, -0.2) is 0 Å². The number of aliphatic hydroxyl groups excluding tert-OH is 1. The zero-order valence-electron chi connectivity index (χ0n) is 18.5. The minimum absolute atomic E-state index is 0.00740. The predicted octanol–water partition coefficient (Wildman–Crippen LogP) is 6.16. The molecule has 4 heteroatoms. The summed E-state index contributed by atoms with van der Waals surface area (Å²) in [4.78, 5) is 26.7. The van der Waals surface area contributed by atoms with E-state index < -0.39 is 5.92 Å². The molecule has 0 fully saturated rings. The number of fused-ring (bicyclic) bond motifs is 3. The Balaban J connectivity index is 1.79. The van der Waals surface area contributed by atoms with Gasteiger partial charge in [0.15, 0.2) is 11.6 Å². The van der Waals surface area contributed by atoms with Crippen LogP contribution < -0.4 is 4.74 Å². The number of hydrogen-bond donors (Lipinski definition) is 1. The van der Waals surface area contributed by atoms with Crippen LogP contribution in [0.1, 0.15) is 64.9 Å². The van der Waals surface area contributed by atoms with Gasteiger partial charge >= 0.3 is 0 Å². The summed E-state index contributed by atoms with van der Waals surface area (Å²) < 4.78 is 6.43. The second-order valence-electron chi connectivity index (χ2n) is 10.8. The van der Waals surface area contributed by atoms with Crippen LogP contribution in [0.25, 0.3) is 10.8 Å². The van der Waals surface area contributed by atoms with Crippen LogP contribution >= 0.6 is 0 Å². The monoisotopic (exact) mass is 416 g/mol. The molecule has 160 valence electrons. The molecule has 31 heavy (non-hydrogen) atoms. The molecule has 2 aromatic carbocycles. The highest BCUT2D eigenvalue weighted by atomic mass is 16.5. The Labute approximate surface area is 182 Å². The van der Waals surface area contributed by atoms with Gasteiger partial charge in [0.2, 0.25) is 0 Å². The summed E-state index contributed by atoms with van der Waals surface area (Å²) in [6.07, 6.45) is 1.81. The largest absolute Gasteiger partial charge is 0.512 e. The maximum absolute atomic E-state index is 13.4. The Hall–Kier alpha value is -2.88. The van der Waals surface area contributed by atoms with Crippen molar-refractivity contribution in [2.75, 3.05) is 0 Å². The molecule has 5 rings (SSSR count). The molecule has 0 saturated heterocycles. The van der Waals surface area contributed by atoms with Crippen molar-refractivity contribution in [1.29, 1.82) is 0 Å². The number of carbonyl (C=O) groups excluding carboxylic acids is 2. The summed E-state index contributed by atoms with van der Waals surface area (Å²) in [6, 6.07) is 11.9. The molecule has 1 N–H and O–H groups in total. The highest BCUT2D eigenvalue weighted by Crippen LogP contribution is 2.54. The molecule has 0 amide bonds. The van der Waals surface area contributed by atoms with Gasteiger partial charge in [-0.2, -0.15) is 0 Å². The van der Waals surface area contributed by atoms with Crippen LogP contribution in [-0.4, -0.2) is 16.7 Å². The summed E-state index contributed by atoms with van der Waals surface area (Å²) >= 11 is 0. The molecule has 1 aliphatic heterocycles. The molecule has 0 spiro atoms. The number of hydrogen-bond acceptors (Lipinski definition) is 4. The second-order valence-corrected chi connectivity index (χ2v) is 10.8. The van der Waals surface area contributed by atoms with E-state index in [4.69, 9.17) is 4.74 Å². The average Bonchev–Trinajstić information content (AvgIpc) is 2.64. The first-order valence-electron chi connectivity index (χ1n) is 11.0. The zero-order valence-corrected chi connectivity index (χ0v) is 18.5. The molecule has 4 nitrogen and oxygen atoms in total. The number of ether oxygens (including phenoxy) is 1. The van der Waals surface area contributed by atoms with Gasteiger partial charge in [-0.1, -0.05) is 64.1 Å². The third kappa shape index (κ3) is 3.20. The first-order chi connectivity index (χ1) is 14.6. The van der Waals surface area contributed by atoms with Gasteiger partial charge in [-0.3, -0.25) is 9.59 Å². The Kier molecular flexibility index (Phi) is 4.24. The van der Waals surface area contributed by atoms with E-state index in [9.17, 15) is 14.7 Å². The lowest BCUT2D eigenvalue weighted by molar-refractivity contribution is -0.119. The first kappa shape index (κ1) is 20.0. The number of carbonyl (C=O) groups is 2. The Morgan fingerprint density at radius 2 is 1.48 bits per heavy atom. The molecule has 2 aromatic rings. The van der Waals surface area contributed by atoms with Gasteiger partial charge in [0, 0.05) is 47.8 Å². The predicted molar refractivity (Wildman–Crippen MR) is 120 cm³/mol. The minimum Gasteiger partial charge on any atom is -0.512 e. The lowest BCUT2D eigenvalue weighted by Gasteiger charge is -2.40. The normalized spacial score (nSPS) is 24.7. The van der Waals surface area contributed by atoms with Crippen molar-refractivity contribution in [1.82, 2.24) is 0 Å². The fourth-order valence-electron chi connectivity index (χ4n) is 5.50. The van der Waals surface area contributed by atoms with Crippen LogP contribution in [0.3, 0.4) is 0 Å². The van der Waals surface area contributed by atoms with E-state index in [-0.39, 0.29) is 28.2 Å². The van der Waals surface area contributed by atoms with Gasteiger partial charge in [0.05, 0.1) is 5.92 Å². The summed E-state index contributed by atoms with van der Waals surface area (Å²) in [5.74, 6) is 0.808. The van der Waals surface area contributed by atoms with Crippen LogP contribution in [0, 0.1) is 10.8 Å². The standard InChI is InChI=1S/C27H28O4/c1-26(2)11-18(28)23(19(29)12-26)22-17-10-9-15-7-5-6-8-16(15)25(17)31-21-14-27(3,4)13-20(30)24(21)22/h5-10,22,28H,11-14H2,1-4H3. The topological polar surface area (TPSA) is 63.6 Å². The molecule has 0 bridgehead atoms. The van der Waals surface area contributed by atoms with E-state index >= 15 is 0 Å². The number of allylic oxidation sites excluding steroid dienone is 4. The van der Waals surface area contributed by atoms with Crippen molar-refractivity contribution in [3.05, 3.63) is 64.6 Å². The molecule has 1 atom stereocenters. The molecule has 0 radical (unpaired) electrons. The molecule has 1 heterocycles. The van der Waals surface area contributed by atoms with Crippen LogP contribution in [-0.2, 0) is 9.59 Å². The quantitative estimate of drug-likeness (QED) is 0.605. The number of Topliss-reactive ketones (excluding diaryl/α,β-unsaturated/α-hetero) is 2. The number of rotatable bonds is 1. The Bertz CT molecular complexity index is 1210. The maximum Gasteiger partial charge on any atom is 0.163 e. The first-order valence-corrected chi connectivity index (χ1v) is 11.0. The van der Waals surface area contributed by atoms with Crippen LogP contribution in [0.15, 0.2) is 59.1 Å². The van der Waals surface area contributed by atoms with Crippen LogP contribution in [0.2, 0.25) is 0 Å². The van der Waals surface area contributed by atoms with E-state index in [2.05, 4.69) is 13.8 Å². The summed E-state index contributed by atoms with van der Waals surface area (Å²) in [5.41, 5.74) is 1.21. The van der Waals surface area contributed by atoms with Gasteiger partial charge in [0.25, 0.3) is 0 Å². The van der Waals surface area contributed by atoms with Crippen molar-refractivity contribution < 1.29 is 19.4 Å². The van der Waals surface area contributed by atoms with Crippen LogP contribution in [0.4, 0.5) is 0 Å². The van der Waals surface area contributed by atoms with Crippen molar-refractivity contribution in [2.24, 2.45) is 10.8 Å². The zero-order chi connectivity index (χ0) is 22.1. The molecule has 0 aromatic heterocycles. The SMILES string of the molecule is CC1(C)CC(=O)C(C2C3=C(CC(C)(C)CC3=O)Oc3c2ccc2ccccc32)=C(O)C1. The second kappa shape index (κ2) is 6.56.